The minimum absolute atomic E-state index is 0.0440. The lowest BCUT2D eigenvalue weighted by Crippen LogP contribution is -2.11. The molecule has 0 amide bonds. The maximum atomic E-state index is 11.4. The molecular weight excluding hydrogens is 338 g/mol. The summed E-state index contributed by atoms with van der Waals surface area (Å²) in [5, 5.41) is 5.15. The predicted molar refractivity (Wildman–Crippen MR) is 96.0 cm³/mol. The molecule has 0 saturated carbocycles. The predicted octanol–water partition coefficient (Wildman–Crippen LogP) is 3.07. The lowest BCUT2D eigenvalue weighted by molar-refractivity contribution is 0.453. The second-order valence-electron chi connectivity index (χ2n) is 5.68. The molecule has 1 unspecified atom stereocenters. The van der Waals surface area contributed by atoms with Gasteiger partial charge in [0.2, 0.25) is 15.9 Å². The van der Waals surface area contributed by atoms with Gasteiger partial charge in [-0.1, -0.05) is 37.3 Å². The third-order valence-electron chi connectivity index (χ3n) is 3.89. The van der Waals surface area contributed by atoms with Crippen LogP contribution in [-0.4, -0.2) is 13.4 Å². The molecule has 1 aromatic heterocycles. The fraction of sp³-hybridized carbons (Fsp3) is 0.167. The van der Waals surface area contributed by atoms with E-state index in [0.717, 1.165) is 5.56 Å². The van der Waals surface area contributed by atoms with Crippen LogP contribution in [0.5, 0.6) is 0 Å². The molecule has 0 fully saturated rings. The van der Waals surface area contributed by atoms with E-state index in [1.54, 1.807) is 12.1 Å². The molecule has 7 heteroatoms. The van der Waals surface area contributed by atoms with Gasteiger partial charge >= 0.3 is 0 Å². The molecule has 3 aromatic rings. The van der Waals surface area contributed by atoms with Gasteiger partial charge in [-0.05, 0) is 30.7 Å². The van der Waals surface area contributed by atoms with Crippen molar-refractivity contribution in [1.82, 2.24) is 4.98 Å². The minimum atomic E-state index is -3.74. The van der Waals surface area contributed by atoms with Gasteiger partial charge in [0.15, 0.2) is 5.76 Å². The Kier molecular flexibility index (Phi) is 4.71. The van der Waals surface area contributed by atoms with Gasteiger partial charge in [-0.15, -0.1) is 0 Å². The molecule has 0 radical (unpaired) electrons. The van der Waals surface area contributed by atoms with Crippen LogP contribution in [0.3, 0.4) is 0 Å². The van der Waals surface area contributed by atoms with E-state index in [1.807, 2.05) is 37.3 Å². The zero-order valence-corrected chi connectivity index (χ0v) is 14.5. The van der Waals surface area contributed by atoms with Crippen molar-refractivity contribution in [2.75, 3.05) is 0 Å². The molecule has 1 heterocycles. The summed E-state index contributed by atoms with van der Waals surface area (Å²) in [6, 6.07) is 15.5. The van der Waals surface area contributed by atoms with Crippen molar-refractivity contribution in [3.8, 4) is 22.6 Å². The quantitative estimate of drug-likeness (QED) is 0.729. The summed E-state index contributed by atoms with van der Waals surface area (Å²) in [4.78, 5) is 4.61. The fourth-order valence-corrected chi connectivity index (χ4v) is 2.97. The number of hydrogen-bond acceptors (Lipinski definition) is 5. The number of rotatable bonds is 5. The second kappa shape index (κ2) is 6.79. The molecule has 6 nitrogen and oxygen atoms in total. The van der Waals surface area contributed by atoms with E-state index in [1.165, 1.54) is 12.1 Å². The first-order valence-electron chi connectivity index (χ1n) is 7.85. The van der Waals surface area contributed by atoms with Gasteiger partial charge in [-0.25, -0.2) is 18.5 Å². The van der Waals surface area contributed by atoms with Gasteiger partial charge in [0.05, 0.1) is 10.9 Å². The number of nitrogens with two attached hydrogens (primary N) is 2. The second-order valence-corrected chi connectivity index (χ2v) is 7.24. The molecule has 0 bridgehead atoms. The first kappa shape index (κ1) is 17.3. The van der Waals surface area contributed by atoms with Crippen molar-refractivity contribution in [1.29, 1.82) is 0 Å². The number of oxazole rings is 1. The molecule has 25 heavy (non-hydrogen) atoms. The maximum absolute atomic E-state index is 11.4. The van der Waals surface area contributed by atoms with Crippen molar-refractivity contribution >= 4 is 10.0 Å². The number of nitrogens with zero attached hydrogens (tertiary/aromatic N) is 1. The Balaban J connectivity index is 2.12. The van der Waals surface area contributed by atoms with Crippen LogP contribution in [0.2, 0.25) is 0 Å². The van der Waals surface area contributed by atoms with Crippen LogP contribution in [0, 0.1) is 0 Å². The van der Waals surface area contributed by atoms with E-state index in [0.29, 0.717) is 29.3 Å². The number of hydrogen-bond donors (Lipinski definition) is 2. The molecule has 1 atom stereocenters. The van der Waals surface area contributed by atoms with Gasteiger partial charge in [0.25, 0.3) is 0 Å². The van der Waals surface area contributed by atoms with Gasteiger partial charge < -0.3 is 10.2 Å². The fourth-order valence-electron chi connectivity index (χ4n) is 2.45. The van der Waals surface area contributed by atoms with Crippen molar-refractivity contribution in [3.05, 3.63) is 60.5 Å². The van der Waals surface area contributed by atoms with E-state index in [-0.39, 0.29) is 10.9 Å². The Morgan fingerprint density at radius 2 is 1.68 bits per heavy atom. The minimum Gasteiger partial charge on any atom is -0.438 e. The summed E-state index contributed by atoms with van der Waals surface area (Å²) < 4.78 is 28.8. The molecule has 4 N–H and O–H groups in total. The molecular formula is C18H19N3O3S. The van der Waals surface area contributed by atoms with Crippen LogP contribution in [-0.2, 0) is 10.0 Å². The highest BCUT2D eigenvalue weighted by Crippen LogP contribution is 2.34. The summed E-state index contributed by atoms with van der Waals surface area (Å²) in [5.41, 5.74) is 8.33. The zero-order chi connectivity index (χ0) is 18.0. The number of aromatic nitrogens is 1. The average molecular weight is 357 g/mol. The van der Waals surface area contributed by atoms with Crippen LogP contribution in [0.25, 0.3) is 22.6 Å². The summed E-state index contributed by atoms with van der Waals surface area (Å²) in [6.45, 7) is 1.96. The van der Waals surface area contributed by atoms with Crippen LogP contribution < -0.4 is 10.9 Å². The van der Waals surface area contributed by atoms with E-state index in [2.05, 4.69) is 4.98 Å². The first-order valence-corrected chi connectivity index (χ1v) is 9.39. The SMILES string of the molecule is CCC(N)c1nc(-c2ccccc2)c(-c2ccc(S(N)(=O)=O)cc2)o1. The van der Waals surface area contributed by atoms with Crippen LogP contribution in [0.4, 0.5) is 0 Å². The Morgan fingerprint density at radius 1 is 1.04 bits per heavy atom. The van der Waals surface area contributed by atoms with Gasteiger partial charge in [-0.3, -0.25) is 0 Å². The molecule has 130 valence electrons. The van der Waals surface area contributed by atoms with Gasteiger partial charge in [-0.2, -0.15) is 0 Å². The Labute approximate surface area is 146 Å². The summed E-state index contributed by atoms with van der Waals surface area (Å²) >= 11 is 0. The van der Waals surface area contributed by atoms with E-state index in [4.69, 9.17) is 15.3 Å². The lowest BCUT2D eigenvalue weighted by Gasteiger charge is -2.03. The molecule has 0 aliphatic carbocycles. The third-order valence-corrected chi connectivity index (χ3v) is 4.82. The monoisotopic (exact) mass is 357 g/mol. The average Bonchev–Trinajstić information content (AvgIpc) is 3.06. The van der Waals surface area contributed by atoms with Crippen LogP contribution in [0.15, 0.2) is 63.9 Å². The zero-order valence-electron chi connectivity index (χ0n) is 13.7. The maximum Gasteiger partial charge on any atom is 0.238 e. The smallest absolute Gasteiger partial charge is 0.238 e. The molecule has 2 aromatic carbocycles. The summed E-state index contributed by atoms with van der Waals surface area (Å²) in [7, 11) is -3.74. The Morgan fingerprint density at radius 3 is 2.24 bits per heavy atom. The first-order chi connectivity index (χ1) is 11.9. The van der Waals surface area contributed by atoms with Crippen molar-refractivity contribution in [2.45, 2.75) is 24.3 Å². The van der Waals surface area contributed by atoms with Crippen molar-refractivity contribution < 1.29 is 12.8 Å². The van der Waals surface area contributed by atoms with Crippen LogP contribution in [0.1, 0.15) is 25.3 Å². The van der Waals surface area contributed by atoms with E-state index < -0.39 is 10.0 Å². The third kappa shape index (κ3) is 3.63. The molecule has 0 aliphatic rings. The molecule has 3 rings (SSSR count). The Hall–Kier alpha value is -2.48. The van der Waals surface area contributed by atoms with Crippen molar-refractivity contribution in [2.24, 2.45) is 10.9 Å². The number of benzene rings is 2. The van der Waals surface area contributed by atoms with Crippen LogP contribution >= 0.6 is 0 Å². The standard InChI is InChI=1S/C18H19N3O3S/c1-2-15(19)18-21-16(12-6-4-3-5-7-12)17(24-18)13-8-10-14(11-9-13)25(20,22)23/h3-11,15H,2,19H2,1H3,(H2,20,22,23). The van der Waals surface area contributed by atoms with Gasteiger partial charge in [0.1, 0.15) is 5.69 Å². The summed E-state index contributed by atoms with van der Waals surface area (Å²) in [6.07, 6.45) is 0.693. The lowest BCUT2D eigenvalue weighted by atomic mass is 10.1. The van der Waals surface area contributed by atoms with E-state index >= 15 is 0 Å². The largest absolute Gasteiger partial charge is 0.438 e. The number of sulfonamides is 1. The Bertz CT molecular complexity index is 965. The molecule has 0 aliphatic heterocycles. The molecule has 0 spiro atoms. The topological polar surface area (TPSA) is 112 Å². The molecule has 0 saturated heterocycles. The van der Waals surface area contributed by atoms with Crippen molar-refractivity contribution in [3.63, 3.8) is 0 Å². The summed E-state index contributed by atoms with van der Waals surface area (Å²) in [5.74, 6) is 0.998. The highest BCUT2D eigenvalue weighted by Gasteiger charge is 2.20. The normalized spacial score (nSPS) is 12.9. The highest BCUT2D eigenvalue weighted by atomic mass is 32.2. The van der Waals surface area contributed by atoms with Gasteiger partial charge in [0, 0.05) is 11.1 Å². The number of primary sulfonamides is 1. The van der Waals surface area contributed by atoms with E-state index in [9.17, 15) is 8.42 Å². The highest BCUT2D eigenvalue weighted by molar-refractivity contribution is 7.89.